The molecule has 5 rings (SSSR count). The van der Waals surface area contributed by atoms with Crippen LogP contribution in [0.2, 0.25) is 0 Å². The number of hydrogen-bond acceptors (Lipinski definition) is 7. The maximum atomic E-state index is 15.0. The molecule has 35 heavy (non-hydrogen) atoms. The number of rotatable bonds is 5. The standard InChI is InChI=1S/C24H25FN4O4S2/c1-29-11-9-19-15(13-29)12-20(34-19)35(31,32)28-24(30)27-22-16-5-3-4-14(16)6-7-18(22)17-8-10-26-23(33-2)21(17)25/h6-8,10,12H,3-5,9,11,13H2,1-2H3,(H2,27,28,30). The fraction of sp³-hybridized carbons (Fsp3) is 0.333. The van der Waals surface area contributed by atoms with E-state index < -0.39 is 21.9 Å². The average Bonchev–Trinajstić information content (AvgIpc) is 3.46. The van der Waals surface area contributed by atoms with Crippen LogP contribution in [0.25, 0.3) is 11.1 Å². The largest absolute Gasteiger partial charge is 0.479 e. The van der Waals surface area contributed by atoms with E-state index in [1.54, 1.807) is 12.1 Å². The molecule has 0 atom stereocenters. The molecular formula is C24H25FN4O4S2. The Balaban J connectivity index is 1.45. The van der Waals surface area contributed by atoms with Crippen LogP contribution < -0.4 is 14.8 Å². The van der Waals surface area contributed by atoms with Gasteiger partial charge in [0.05, 0.1) is 12.8 Å². The van der Waals surface area contributed by atoms with Crippen molar-refractivity contribution in [3.05, 3.63) is 57.8 Å². The number of carbonyl (C=O) groups excluding carboxylic acids is 1. The molecule has 3 heterocycles. The number of pyridine rings is 1. The number of nitrogens with zero attached hydrogens (tertiary/aromatic N) is 2. The molecule has 1 aliphatic carbocycles. The van der Waals surface area contributed by atoms with Crippen molar-refractivity contribution < 1.29 is 22.3 Å². The van der Waals surface area contributed by atoms with E-state index in [0.717, 1.165) is 47.4 Å². The van der Waals surface area contributed by atoms with Gasteiger partial charge in [-0.2, -0.15) is 0 Å². The summed E-state index contributed by atoms with van der Waals surface area (Å²) < 4.78 is 48.3. The molecule has 1 aromatic carbocycles. The lowest BCUT2D eigenvalue weighted by atomic mass is 9.97. The van der Waals surface area contributed by atoms with Gasteiger partial charge >= 0.3 is 6.03 Å². The van der Waals surface area contributed by atoms with E-state index in [9.17, 15) is 13.2 Å². The zero-order valence-electron chi connectivity index (χ0n) is 19.4. The predicted molar refractivity (Wildman–Crippen MR) is 132 cm³/mol. The highest BCUT2D eigenvalue weighted by Crippen LogP contribution is 2.39. The number of benzene rings is 1. The van der Waals surface area contributed by atoms with Crippen molar-refractivity contribution in [1.29, 1.82) is 0 Å². The highest BCUT2D eigenvalue weighted by molar-refractivity contribution is 7.92. The Morgan fingerprint density at radius 3 is 2.80 bits per heavy atom. The molecule has 0 spiro atoms. The monoisotopic (exact) mass is 516 g/mol. The van der Waals surface area contributed by atoms with Crippen LogP contribution in [0.4, 0.5) is 14.9 Å². The number of thiophene rings is 1. The van der Waals surface area contributed by atoms with Crippen LogP contribution in [0.15, 0.2) is 34.7 Å². The SMILES string of the molecule is COc1nccc(-c2ccc3c(c2NC(=O)NS(=O)(=O)c2cc4c(s2)CCN(C)C4)CCC3)c1F. The van der Waals surface area contributed by atoms with Gasteiger partial charge in [0.1, 0.15) is 4.21 Å². The van der Waals surface area contributed by atoms with Crippen molar-refractivity contribution in [2.45, 2.75) is 36.4 Å². The number of anilines is 1. The van der Waals surface area contributed by atoms with Crippen molar-refractivity contribution in [3.8, 4) is 17.0 Å². The van der Waals surface area contributed by atoms with Gasteiger partial charge in [0.15, 0.2) is 5.82 Å². The normalized spacial score (nSPS) is 15.4. The van der Waals surface area contributed by atoms with Crippen molar-refractivity contribution in [2.75, 3.05) is 26.0 Å². The average molecular weight is 517 g/mol. The number of aryl methyl sites for hydroxylation is 1. The number of urea groups is 1. The number of carbonyl (C=O) groups is 1. The van der Waals surface area contributed by atoms with E-state index in [4.69, 9.17) is 4.74 Å². The molecule has 11 heteroatoms. The highest BCUT2D eigenvalue weighted by Gasteiger charge is 2.27. The lowest BCUT2D eigenvalue weighted by molar-refractivity contribution is 0.256. The first-order valence-corrected chi connectivity index (χ1v) is 13.5. The van der Waals surface area contributed by atoms with Crippen LogP contribution in [0, 0.1) is 5.82 Å². The van der Waals surface area contributed by atoms with Gasteiger partial charge in [-0.05, 0) is 61.6 Å². The molecule has 1 aliphatic heterocycles. The molecule has 2 amide bonds. The summed E-state index contributed by atoms with van der Waals surface area (Å²) in [6.07, 6.45) is 4.63. The summed E-state index contributed by atoms with van der Waals surface area (Å²) in [5, 5.41) is 2.71. The second-order valence-corrected chi connectivity index (χ2v) is 11.8. The third-order valence-corrected chi connectivity index (χ3v) is 9.43. The molecule has 0 fully saturated rings. The van der Waals surface area contributed by atoms with Crippen LogP contribution in [0.3, 0.4) is 0 Å². The maximum Gasteiger partial charge on any atom is 0.333 e. The molecule has 2 aliphatic rings. The highest BCUT2D eigenvalue weighted by atomic mass is 32.2. The van der Waals surface area contributed by atoms with E-state index in [1.807, 2.05) is 13.1 Å². The topological polar surface area (TPSA) is 101 Å². The van der Waals surface area contributed by atoms with Gasteiger partial charge in [0.2, 0.25) is 0 Å². The third kappa shape index (κ3) is 4.51. The number of fused-ring (bicyclic) bond motifs is 2. The Morgan fingerprint density at radius 1 is 1.17 bits per heavy atom. The van der Waals surface area contributed by atoms with E-state index in [2.05, 4.69) is 19.9 Å². The van der Waals surface area contributed by atoms with Gasteiger partial charge in [-0.15, -0.1) is 11.3 Å². The summed E-state index contributed by atoms with van der Waals surface area (Å²) in [5.74, 6) is -0.813. The molecule has 0 radical (unpaired) electrons. The molecule has 0 unspecified atom stereocenters. The molecular weight excluding hydrogens is 491 g/mol. The fourth-order valence-electron chi connectivity index (χ4n) is 4.70. The van der Waals surface area contributed by atoms with Gasteiger partial charge in [0, 0.05) is 35.3 Å². The summed E-state index contributed by atoms with van der Waals surface area (Å²) in [6.45, 7) is 1.53. The second-order valence-electron chi connectivity index (χ2n) is 8.72. The van der Waals surface area contributed by atoms with Crippen LogP contribution in [0.1, 0.15) is 28.0 Å². The number of sulfonamides is 1. The van der Waals surface area contributed by atoms with Crippen molar-refractivity contribution in [2.24, 2.45) is 0 Å². The number of methoxy groups -OCH3 is 1. The third-order valence-electron chi connectivity index (χ3n) is 6.39. The van der Waals surface area contributed by atoms with Crippen molar-refractivity contribution >= 4 is 33.1 Å². The van der Waals surface area contributed by atoms with Gasteiger partial charge in [0.25, 0.3) is 15.9 Å². The van der Waals surface area contributed by atoms with Gasteiger partial charge in [-0.25, -0.2) is 27.3 Å². The van der Waals surface area contributed by atoms with Crippen LogP contribution in [0.5, 0.6) is 5.88 Å². The number of aromatic nitrogens is 1. The predicted octanol–water partition coefficient (Wildman–Crippen LogP) is 3.94. The minimum atomic E-state index is -4.07. The number of likely N-dealkylation sites (N-methyl/N-ethyl adjacent to an activating group) is 1. The summed E-state index contributed by atoms with van der Waals surface area (Å²) >= 11 is 1.19. The van der Waals surface area contributed by atoms with Crippen LogP contribution in [-0.2, 0) is 35.8 Å². The summed E-state index contributed by atoms with van der Waals surface area (Å²) in [7, 11) is -0.755. The molecule has 2 N–H and O–H groups in total. The molecule has 8 nitrogen and oxygen atoms in total. The lowest BCUT2D eigenvalue weighted by Crippen LogP contribution is -2.34. The van der Waals surface area contributed by atoms with Crippen LogP contribution >= 0.6 is 11.3 Å². The number of nitrogens with one attached hydrogen (secondary N) is 2. The van der Waals surface area contributed by atoms with E-state index in [-0.39, 0.29) is 15.7 Å². The Morgan fingerprint density at radius 2 is 2.00 bits per heavy atom. The summed E-state index contributed by atoms with van der Waals surface area (Å²) in [6, 6.07) is 5.89. The van der Waals surface area contributed by atoms with Gasteiger partial charge in [-0.3, -0.25) is 0 Å². The van der Waals surface area contributed by atoms with Crippen molar-refractivity contribution in [3.63, 3.8) is 0 Å². The first kappa shape index (κ1) is 23.7. The molecule has 2 aromatic heterocycles. The lowest BCUT2D eigenvalue weighted by Gasteiger charge is -2.21. The minimum absolute atomic E-state index is 0.108. The molecule has 184 valence electrons. The number of halogens is 1. The number of hydrogen-bond donors (Lipinski definition) is 2. The Labute approximate surface area is 207 Å². The van der Waals surface area contributed by atoms with Gasteiger partial charge < -0.3 is 15.0 Å². The zero-order valence-corrected chi connectivity index (χ0v) is 21.0. The minimum Gasteiger partial charge on any atom is -0.479 e. The van der Waals surface area contributed by atoms with Crippen LogP contribution in [-0.4, -0.2) is 45.0 Å². The smallest absolute Gasteiger partial charge is 0.333 e. The maximum absolute atomic E-state index is 15.0. The van der Waals surface area contributed by atoms with E-state index in [0.29, 0.717) is 24.2 Å². The molecule has 0 bridgehead atoms. The van der Waals surface area contributed by atoms with Crippen molar-refractivity contribution in [1.82, 2.24) is 14.6 Å². The molecule has 0 saturated heterocycles. The number of amides is 2. The Hall–Kier alpha value is -3.02. The molecule has 0 saturated carbocycles. The summed E-state index contributed by atoms with van der Waals surface area (Å²) in [4.78, 5) is 20.0. The first-order chi connectivity index (χ1) is 16.8. The Bertz CT molecular complexity index is 1420. The van der Waals surface area contributed by atoms with E-state index >= 15 is 4.39 Å². The first-order valence-electron chi connectivity index (χ1n) is 11.2. The zero-order chi connectivity index (χ0) is 24.7. The molecule has 3 aromatic rings. The fourth-order valence-corrected chi connectivity index (χ4v) is 7.15. The van der Waals surface area contributed by atoms with E-state index in [1.165, 1.54) is 30.7 Å². The Kier molecular flexibility index (Phi) is 6.24. The summed E-state index contributed by atoms with van der Waals surface area (Å²) in [5.41, 5.74) is 3.93. The van der Waals surface area contributed by atoms with Gasteiger partial charge in [-0.1, -0.05) is 12.1 Å². The quantitative estimate of drug-likeness (QED) is 0.533. The number of ether oxygens (including phenoxy) is 1. The second kappa shape index (κ2) is 9.21.